The van der Waals surface area contributed by atoms with Crippen LogP contribution in [0.1, 0.15) is 18.9 Å². The quantitative estimate of drug-likeness (QED) is 0.617. The second kappa shape index (κ2) is 8.47. The largest absolute Gasteiger partial charge is 0.481 e. The zero-order valence-electron chi connectivity index (χ0n) is 13.6. The highest BCUT2D eigenvalue weighted by molar-refractivity contribution is 5.85. The Bertz CT molecular complexity index is 712. The number of aromatic nitrogens is 2. The van der Waals surface area contributed by atoms with E-state index in [0.29, 0.717) is 29.5 Å². The summed E-state index contributed by atoms with van der Waals surface area (Å²) in [5.41, 5.74) is 3.06. The molecule has 0 aliphatic heterocycles. The van der Waals surface area contributed by atoms with Gasteiger partial charge in [-0.15, -0.1) is 0 Å². The van der Waals surface area contributed by atoms with E-state index < -0.39 is 0 Å². The smallest absolute Gasteiger partial charge is 0.328 e. The average Bonchev–Trinajstić information content (AvgIpc) is 2.62. The fourth-order valence-electron chi connectivity index (χ4n) is 1.67. The molecule has 1 aromatic heterocycles. The number of nitrogens with one attached hydrogen (secondary N) is 1. The Balaban J connectivity index is 2.22. The van der Waals surface area contributed by atoms with Gasteiger partial charge in [0.2, 0.25) is 17.7 Å². The summed E-state index contributed by atoms with van der Waals surface area (Å²) < 4.78 is 15.9. The van der Waals surface area contributed by atoms with Gasteiger partial charge in [-0.1, -0.05) is 19.1 Å². The Morgan fingerprint density at radius 3 is 2.50 bits per heavy atom. The van der Waals surface area contributed by atoms with E-state index in [1.807, 2.05) is 6.07 Å². The van der Waals surface area contributed by atoms with Gasteiger partial charge in [0.15, 0.2) is 0 Å². The number of benzene rings is 1. The molecule has 0 radical (unpaired) electrons. The lowest BCUT2D eigenvalue weighted by atomic mass is 10.2. The second-order valence-electron chi connectivity index (χ2n) is 4.52. The van der Waals surface area contributed by atoms with E-state index in [0.717, 1.165) is 0 Å². The van der Waals surface area contributed by atoms with Gasteiger partial charge >= 0.3 is 6.01 Å². The molecule has 0 saturated carbocycles. The Morgan fingerprint density at radius 1 is 1.21 bits per heavy atom. The zero-order chi connectivity index (χ0) is 17.4. The first-order valence-electron chi connectivity index (χ1n) is 7.22. The van der Waals surface area contributed by atoms with Crippen LogP contribution in [-0.2, 0) is 4.79 Å². The zero-order valence-corrected chi connectivity index (χ0v) is 13.6. The van der Waals surface area contributed by atoms with Crippen LogP contribution in [0.3, 0.4) is 0 Å². The molecule has 0 fully saturated rings. The number of nitrogens with zero attached hydrogens (tertiary/aromatic N) is 3. The monoisotopic (exact) mass is 330 g/mol. The van der Waals surface area contributed by atoms with Crippen molar-refractivity contribution in [2.24, 2.45) is 5.10 Å². The predicted octanol–water partition coefficient (Wildman–Crippen LogP) is 2.15. The Morgan fingerprint density at radius 2 is 1.88 bits per heavy atom. The maximum absolute atomic E-state index is 11.2. The maximum Gasteiger partial charge on any atom is 0.328 e. The molecule has 0 bridgehead atoms. The molecule has 126 valence electrons. The second-order valence-corrected chi connectivity index (χ2v) is 4.52. The minimum atomic E-state index is -0.175. The maximum atomic E-state index is 11.2. The third-order valence-electron chi connectivity index (χ3n) is 2.91. The van der Waals surface area contributed by atoms with Crippen LogP contribution in [0.25, 0.3) is 0 Å². The summed E-state index contributed by atoms with van der Waals surface area (Å²) in [6.45, 7) is 1.75. The molecule has 8 nitrogen and oxygen atoms in total. The topological polar surface area (TPSA) is 94.9 Å². The van der Waals surface area contributed by atoms with Gasteiger partial charge in [-0.3, -0.25) is 4.79 Å². The summed E-state index contributed by atoms with van der Waals surface area (Å²) in [5, 5.41) is 3.89. The van der Waals surface area contributed by atoms with Crippen molar-refractivity contribution in [3.05, 3.63) is 35.9 Å². The number of hydrogen-bond acceptors (Lipinski definition) is 7. The van der Waals surface area contributed by atoms with Gasteiger partial charge in [0.1, 0.15) is 5.75 Å². The number of methoxy groups -OCH3 is 2. The minimum absolute atomic E-state index is 0.0737. The summed E-state index contributed by atoms with van der Waals surface area (Å²) in [4.78, 5) is 19.4. The van der Waals surface area contributed by atoms with E-state index in [-0.39, 0.29) is 11.9 Å². The first kappa shape index (κ1) is 17.2. The van der Waals surface area contributed by atoms with Gasteiger partial charge < -0.3 is 14.2 Å². The highest BCUT2D eigenvalue weighted by Gasteiger charge is 2.09. The first-order chi connectivity index (χ1) is 11.7. The SMILES string of the molecule is CCC(=O)NN=Cc1ccccc1Oc1nc(OC)cc(OC)n1. The molecule has 2 rings (SSSR count). The lowest BCUT2D eigenvalue weighted by Crippen LogP contribution is -2.15. The van der Waals surface area contributed by atoms with Crippen LogP contribution < -0.4 is 19.6 Å². The van der Waals surface area contributed by atoms with Crippen molar-refractivity contribution in [1.82, 2.24) is 15.4 Å². The molecule has 2 aromatic rings. The fraction of sp³-hybridized carbons (Fsp3) is 0.250. The molecule has 8 heteroatoms. The highest BCUT2D eigenvalue weighted by Crippen LogP contribution is 2.25. The molecule has 1 amide bonds. The van der Waals surface area contributed by atoms with Gasteiger partial charge in [-0.05, 0) is 12.1 Å². The average molecular weight is 330 g/mol. The number of carbonyl (C=O) groups is 1. The highest BCUT2D eigenvalue weighted by atomic mass is 16.5. The van der Waals surface area contributed by atoms with Crippen molar-refractivity contribution in [1.29, 1.82) is 0 Å². The number of hydrogen-bond donors (Lipinski definition) is 1. The Labute approximate surface area is 139 Å². The fourth-order valence-corrected chi connectivity index (χ4v) is 1.67. The van der Waals surface area contributed by atoms with Gasteiger partial charge in [0, 0.05) is 12.0 Å². The van der Waals surface area contributed by atoms with E-state index in [1.165, 1.54) is 20.4 Å². The molecular formula is C16H18N4O4. The number of carbonyl (C=O) groups excluding carboxylic acids is 1. The van der Waals surface area contributed by atoms with E-state index in [9.17, 15) is 4.79 Å². The summed E-state index contributed by atoms with van der Waals surface area (Å²) in [6, 6.07) is 8.76. The van der Waals surface area contributed by atoms with Gasteiger partial charge in [-0.25, -0.2) is 5.43 Å². The molecule has 1 heterocycles. The van der Waals surface area contributed by atoms with E-state index in [2.05, 4.69) is 20.5 Å². The molecule has 0 unspecified atom stereocenters. The summed E-state index contributed by atoms with van der Waals surface area (Å²) in [6.07, 6.45) is 1.84. The van der Waals surface area contributed by atoms with Crippen molar-refractivity contribution in [3.8, 4) is 23.5 Å². The third kappa shape index (κ3) is 4.67. The lowest BCUT2D eigenvalue weighted by molar-refractivity contribution is -0.120. The normalized spacial score (nSPS) is 10.5. The molecule has 0 aliphatic rings. The van der Waals surface area contributed by atoms with Crippen molar-refractivity contribution in [2.45, 2.75) is 13.3 Å². The lowest BCUT2D eigenvalue weighted by Gasteiger charge is -2.09. The van der Waals surface area contributed by atoms with E-state index in [1.54, 1.807) is 31.2 Å². The van der Waals surface area contributed by atoms with Crippen LogP contribution in [0.5, 0.6) is 23.5 Å². The van der Waals surface area contributed by atoms with E-state index in [4.69, 9.17) is 14.2 Å². The number of ether oxygens (including phenoxy) is 3. The van der Waals surface area contributed by atoms with Crippen molar-refractivity contribution < 1.29 is 19.0 Å². The van der Waals surface area contributed by atoms with Crippen molar-refractivity contribution >= 4 is 12.1 Å². The van der Waals surface area contributed by atoms with Crippen LogP contribution in [0.15, 0.2) is 35.4 Å². The first-order valence-corrected chi connectivity index (χ1v) is 7.22. The molecule has 0 spiro atoms. The summed E-state index contributed by atoms with van der Waals surface area (Å²) >= 11 is 0. The Kier molecular flexibility index (Phi) is 6.07. The summed E-state index contributed by atoms with van der Waals surface area (Å²) in [7, 11) is 2.98. The van der Waals surface area contributed by atoms with Crippen LogP contribution in [0.4, 0.5) is 0 Å². The van der Waals surface area contributed by atoms with Gasteiger partial charge in [-0.2, -0.15) is 15.1 Å². The van der Waals surface area contributed by atoms with Crippen molar-refractivity contribution in [2.75, 3.05) is 14.2 Å². The van der Waals surface area contributed by atoms with Crippen LogP contribution in [0, 0.1) is 0 Å². The standard InChI is InChI=1S/C16H18N4O4/c1-4-13(21)20-17-10-11-7-5-6-8-12(11)24-16-18-14(22-2)9-15(19-16)23-3/h5-10H,4H2,1-3H3,(H,20,21). The minimum Gasteiger partial charge on any atom is -0.481 e. The number of amides is 1. The molecule has 1 aromatic carbocycles. The summed E-state index contributed by atoms with van der Waals surface area (Å²) in [5.74, 6) is 0.934. The van der Waals surface area contributed by atoms with E-state index >= 15 is 0 Å². The van der Waals surface area contributed by atoms with Crippen LogP contribution in [-0.4, -0.2) is 36.3 Å². The van der Waals surface area contributed by atoms with Crippen LogP contribution in [0.2, 0.25) is 0 Å². The molecule has 0 saturated heterocycles. The van der Waals surface area contributed by atoms with Crippen molar-refractivity contribution in [3.63, 3.8) is 0 Å². The predicted molar refractivity (Wildman–Crippen MR) is 87.7 cm³/mol. The van der Waals surface area contributed by atoms with Crippen LogP contribution >= 0.6 is 0 Å². The Hall–Kier alpha value is -3.16. The molecule has 1 N–H and O–H groups in total. The van der Waals surface area contributed by atoms with Gasteiger partial charge in [0.05, 0.1) is 26.5 Å². The molecule has 24 heavy (non-hydrogen) atoms. The number of para-hydroxylation sites is 1. The number of rotatable bonds is 7. The third-order valence-corrected chi connectivity index (χ3v) is 2.91. The number of hydrazone groups is 1. The van der Waals surface area contributed by atoms with Gasteiger partial charge in [0.25, 0.3) is 0 Å². The molecule has 0 aliphatic carbocycles. The molecule has 0 atom stereocenters. The molecular weight excluding hydrogens is 312 g/mol.